The van der Waals surface area contributed by atoms with Crippen molar-refractivity contribution >= 4 is 40.6 Å². The Hall–Kier alpha value is -1.80. The van der Waals surface area contributed by atoms with Crippen molar-refractivity contribution in [2.45, 2.75) is 17.7 Å². The van der Waals surface area contributed by atoms with Crippen LogP contribution in [-0.4, -0.2) is 28.1 Å². The minimum Gasteiger partial charge on any atom is -0.497 e. The Kier molecular flexibility index (Phi) is 5.40. The summed E-state index contributed by atoms with van der Waals surface area (Å²) < 4.78 is 10.0. The summed E-state index contributed by atoms with van der Waals surface area (Å²) >= 11 is 2.68. The fourth-order valence-corrected chi connectivity index (χ4v) is 3.03. The third kappa shape index (κ3) is 4.33. The molecule has 0 atom stereocenters. The maximum absolute atomic E-state index is 11.9. The minimum atomic E-state index is -0.134. The molecule has 3 N–H and O–H groups in total. The van der Waals surface area contributed by atoms with Crippen LogP contribution in [0.5, 0.6) is 5.75 Å². The van der Waals surface area contributed by atoms with Gasteiger partial charge in [-0.1, -0.05) is 18.7 Å². The first-order chi connectivity index (χ1) is 10.1. The number of benzene rings is 1. The summed E-state index contributed by atoms with van der Waals surface area (Å²) in [4.78, 5) is 16.2. The molecule has 2 rings (SSSR count). The molecular weight excluding hydrogens is 308 g/mol. The number of thioether (sulfide) groups is 1. The van der Waals surface area contributed by atoms with Crippen LogP contribution in [0.25, 0.3) is 0 Å². The summed E-state index contributed by atoms with van der Waals surface area (Å²) in [5, 5.41) is 2.77. The average molecular weight is 324 g/mol. The summed E-state index contributed by atoms with van der Waals surface area (Å²) in [5.74, 6) is 1.59. The number of amides is 1. The Morgan fingerprint density at radius 2 is 2.33 bits per heavy atom. The van der Waals surface area contributed by atoms with Crippen LogP contribution in [0.3, 0.4) is 0 Å². The molecule has 112 valence electrons. The predicted molar refractivity (Wildman–Crippen MR) is 86.0 cm³/mol. The molecule has 0 aliphatic rings. The second-order valence-electron chi connectivity index (χ2n) is 4.12. The highest BCUT2D eigenvalue weighted by atomic mass is 32.2. The molecule has 8 heteroatoms. The van der Waals surface area contributed by atoms with E-state index in [4.69, 9.17) is 10.5 Å². The maximum atomic E-state index is 11.9. The van der Waals surface area contributed by atoms with Crippen LogP contribution in [-0.2, 0) is 11.2 Å². The molecule has 2 aromatic rings. The maximum Gasteiger partial charge on any atom is 0.234 e. The van der Waals surface area contributed by atoms with Crippen molar-refractivity contribution in [2.24, 2.45) is 0 Å². The molecule has 0 aliphatic heterocycles. The van der Waals surface area contributed by atoms with Gasteiger partial charge in [-0.25, -0.2) is 4.98 Å². The third-order valence-corrected chi connectivity index (χ3v) is 4.50. The lowest BCUT2D eigenvalue weighted by Gasteiger charge is -2.09. The summed E-state index contributed by atoms with van der Waals surface area (Å²) in [7, 11) is 1.57. The fourth-order valence-electron chi connectivity index (χ4n) is 1.54. The Morgan fingerprint density at radius 1 is 1.52 bits per heavy atom. The van der Waals surface area contributed by atoms with Crippen LogP contribution in [0, 0.1) is 0 Å². The standard InChI is InChI=1S/C13H16N4O2S2/c1-3-11-16-13(21-17-11)20-7-12(18)15-10-5-4-8(19-2)6-9(10)14/h4-6H,3,7,14H2,1-2H3,(H,15,18). The van der Waals surface area contributed by atoms with E-state index in [-0.39, 0.29) is 11.7 Å². The molecule has 0 radical (unpaired) electrons. The molecule has 1 amide bonds. The number of nitrogens with one attached hydrogen (secondary N) is 1. The zero-order chi connectivity index (χ0) is 15.2. The quantitative estimate of drug-likeness (QED) is 0.626. The largest absolute Gasteiger partial charge is 0.497 e. The van der Waals surface area contributed by atoms with Gasteiger partial charge >= 0.3 is 0 Å². The van der Waals surface area contributed by atoms with Crippen LogP contribution >= 0.6 is 23.3 Å². The highest BCUT2D eigenvalue weighted by Crippen LogP contribution is 2.25. The van der Waals surface area contributed by atoms with Crippen molar-refractivity contribution in [1.82, 2.24) is 9.36 Å². The van der Waals surface area contributed by atoms with Crippen molar-refractivity contribution < 1.29 is 9.53 Å². The molecule has 0 bridgehead atoms. The Labute approximate surface area is 131 Å². The second kappa shape index (κ2) is 7.28. The van der Waals surface area contributed by atoms with E-state index in [1.165, 1.54) is 23.3 Å². The van der Waals surface area contributed by atoms with Gasteiger partial charge in [-0.05, 0) is 23.7 Å². The number of rotatable bonds is 6. The Balaban J connectivity index is 1.89. The molecule has 6 nitrogen and oxygen atoms in total. The number of hydrogen-bond acceptors (Lipinski definition) is 7. The molecule has 1 aromatic carbocycles. The number of methoxy groups -OCH3 is 1. The topological polar surface area (TPSA) is 90.1 Å². The number of nitrogens with two attached hydrogens (primary N) is 1. The summed E-state index contributed by atoms with van der Waals surface area (Å²) in [6.45, 7) is 2.00. The smallest absolute Gasteiger partial charge is 0.234 e. The van der Waals surface area contributed by atoms with Gasteiger partial charge in [0.2, 0.25) is 5.91 Å². The van der Waals surface area contributed by atoms with E-state index in [2.05, 4.69) is 14.7 Å². The molecule has 0 fully saturated rings. The Morgan fingerprint density at radius 3 is 2.95 bits per heavy atom. The lowest BCUT2D eigenvalue weighted by Crippen LogP contribution is -2.15. The van der Waals surface area contributed by atoms with E-state index in [9.17, 15) is 4.79 Å². The average Bonchev–Trinajstić information content (AvgIpc) is 2.95. The van der Waals surface area contributed by atoms with E-state index < -0.39 is 0 Å². The summed E-state index contributed by atoms with van der Waals surface area (Å²) in [6.07, 6.45) is 0.797. The van der Waals surface area contributed by atoms with Gasteiger partial charge in [0, 0.05) is 12.5 Å². The van der Waals surface area contributed by atoms with Crippen LogP contribution in [0.2, 0.25) is 0 Å². The van der Waals surface area contributed by atoms with Gasteiger partial charge in [-0.15, -0.1) is 0 Å². The summed E-state index contributed by atoms with van der Waals surface area (Å²) in [6, 6.07) is 5.13. The van der Waals surface area contributed by atoms with E-state index in [1.54, 1.807) is 25.3 Å². The first kappa shape index (κ1) is 15.6. The van der Waals surface area contributed by atoms with Crippen LogP contribution in [0.15, 0.2) is 22.5 Å². The van der Waals surface area contributed by atoms with Gasteiger partial charge in [0.1, 0.15) is 11.6 Å². The van der Waals surface area contributed by atoms with Gasteiger partial charge < -0.3 is 15.8 Å². The molecule has 0 saturated carbocycles. The first-order valence-corrected chi connectivity index (χ1v) is 8.07. The van der Waals surface area contributed by atoms with Crippen molar-refractivity contribution in [3.05, 3.63) is 24.0 Å². The third-order valence-electron chi connectivity index (χ3n) is 2.63. The first-order valence-electron chi connectivity index (χ1n) is 6.31. The van der Waals surface area contributed by atoms with E-state index >= 15 is 0 Å². The van der Waals surface area contributed by atoms with E-state index in [0.29, 0.717) is 17.1 Å². The number of nitrogen functional groups attached to an aromatic ring is 1. The minimum absolute atomic E-state index is 0.134. The number of anilines is 2. The lowest BCUT2D eigenvalue weighted by molar-refractivity contribution is -0.113. The Bertz CT molecular complexity index is 630. The SMILES string of the molecule is CCc1nsc(SCC(=O)Nc2ccc(OC)cc2N)n1. The zero-order valence-corrected chi connectivity index (χ0v) is 13.4. The van der Waals surface area contributed by atoms with Crippen LogP contribution in [0.4, 0.5) is 11.4 Å². The lowest BCUT2D eigenvalue weighted by atomic mass is 10.2. The molecule has 0 aliphatic carbocycles. The zero-order valence-electron chi connectivity index (χ0n) is 11.8. The van der Waals surface area contributed by atoms with Crippen molar-refractivity contribution in [3.63, 3.8) is 0 Å². The van der Waals surface area contributed by atoms with Gasteiger partial charge in [-0.3, -0.25) is 4.79 Å². The second-order valence-corrected chi connectivity index (χ2v) is 6.09. The van der Waals surface area contributed by atoms with Crippen molar-refractivity contribution in [1.29, 1.82) is 0 Å². The highest BCUT2D eigenvalue weighted by molar-refractivity contribution is 8.01. The number of carbonyl (C=O) groups is 1. The van der Waals surface area contributed by atoms with Crippen LogP contribution in [0.1, 0.15) is 12.7 Å². The van der Waals surface area contributed by atoms with Gasteiger partial charge in [0.05, 0.1) is 24.2 Å². The number of aryl methyl sites for hydroxylation is 1. The van der Waals surface area contributed by atoms with E-state index in [0.717, 1.165) is 16.6 Å². The number of aromatic nitrogens is 2. The van der Waals surface area contributed by atoms with Crippen LogP contribution < -0.4 is 15.8 Å². The molecular formula is C13H16N4O2S2. The summed E-state index contributed by atoms with van der Waals surface area (Å²) in [5.41, 5.74) is 6.90. The molecule has 0 spiro atoms. The molecule has 0 saturated heterocycles. The number of nitrogens with zero attached hydrogens (tertiary/aromatic N) is 2. The normalized spacial score (nSPS) is 10.4. The van der Waals surface area contributed by atoms with Crippen molar-refractivity contribution in [3.8, 4) is 5.75 Å². The van der Waals surface area contributed by atoms with Gasteiger partial charge in [0.25, 0.3) is 0 Å². The highest BCUT2D eigenvalue weighted by Gasteiger charge is 2.09. The number of carbonyl (C=O) groups excluding carboxylic acids is 1. The van der Waals surface area contributed by atoms with Gasteiger partial charge in [0.15, 0.2) is 4.34 Å². The van der Waals surface area contributed by atoms with Crippen molar-refractivity contribution in [2.75, 3.05) is 23.9 Å². The number of ether oxygens (including phenoxy) is 1. The molecule has 1 aromatic heterocycles. The van der Waals surface area contributed by atoms with Gasteiger partial charge in [-0.2, -0.15) is 4.37 Å². The molecule has 21 heavy (non-hydrogen) atoms. The fraction of sp³-hybridized carbons (Fsp3) is 0.308. The predicted octanol–water partition coefficient (Wildman–Crippen LogP) is 2.42. The molecule has 1 heterocycles. The monoisotopic (exact) mass is 324 g/mol. The van der Waals surface area contributed by atoms with E-state index in [1.807, 2.05) is 6.92 Å². The molecule has 0 unspecified atom stereocenters. The number of hydrogen-bond donors (Lipinski definition) is 2.